The van der Waals surface area contributed by atoms with E-state index in [1.165, 1.54) is 13.0 Å². The maximum atomic E-state index is 13.5. The number of fused-ring (bicyclic) bond motifs is 1. The van der Waals surface area contributed by atoms with Crippen molar-refractivity contribution < 1.29 is 9.18 Å². The van der Waals surface area contributed by atoms with Gasteiger partial charge in [0.1, 0.15) is 17.2 Å². The van der Waals surface area contributed by atoms with E-state index in [9.17, 15) is 9.18 Å². The predicted octanol–water partition coefficient (Wildman–Crippen LogP) is 5.06. The second-order valence-electron chi connectivity index (χ2n) is 5.87. The van der Waals surface area contributed by atoms with E-state index < -0.39 is 5.82 Å². The van der Waals surface area contributed by atoms with Gasteiger partial charge in [0, 0.05) is 36.0 Å². The second-order valence-corrected chi connectivity index (χ2v) is 6.28. The molecule has 1 aromatic carbocycles. The van der Waals surface area contributed by atoms with Crippen LogP contribution >= 0.6 is 11.6 Å². The van der Waals surface area contributed by atoms with Crippen LogP contribution in [0, 0.1) is 5.82 Å². The van der Waals surface area contributed by atoms with E-state index in [0.717, 1.165) is 11.1 Å². The largest absolute Gasteiger partial charge is 0.296 e. The lowest BCUT2D eigenvalue weighted by Crippen LogP contribution is -1.99. The molecule has 0 N–H and O–H groups in total. The lowest BCUT2D eigenvalue weighted by Gasteiger charge is -2.10. The molecule has 6 heteroatoms. The summed E-state index contributed by atoms with van der Waals surface area (Å²) in [5, 5.41) is 0.0445. The van der Waals surface area contributed by atoms with Gasteiger partial charge in [0.05, 0.1) is 16.9 Å². The number of hydrogen-bond donors (Lipinski definition) is 0. The Bertz CT molecular complexity index is 1150. The third kappa shape index (κ3) is 2.76. The van der Waals surface area contributed by atoms with Crippen LogP contribution in [0.3, 0.4) is 0 Å². The molecule has 0 saturated heterocycles. The fraction of sp³-hybridized carbons (Fsp3) is 0.0500. The van der Waals surface area contributed by atoms with E-state index in [-0.39, 0.29) is 10.8 Å². The highest BCUT2D eigenvalue weighted by molar-refractivity contribution is 6.31. The summed E-state index contributed by atoms with van der Waals surface area (Å²) >= 11 is 5.93. The quantitative estimate of drug-likeness (QED) is 0.477. The van der Waals surface area contributed by atoms with Crippen molar-refractivity contribution >= 4 is 23.0 Å². The number of ketones is 1. The number of Topliss-reactive ketones (excluding diaryl/α,β-unsaturated/α-hetero) is 1. The minimum atomic E-state index is -0.473. The van der Waals surface area contributed by atoms with Gasteiger partial charge in [0.25, 0.3) is 0 Å². The first-order chi connectivity index (χ1) is 12.5. The molecule has 3 heterocycles. The number of rotatable bonds is 3. The van der Waals surface area contributed by atoms with Gasteiger partial charge < -0.3 is 0 Å². The van der Waals surface area contributed by atoms with Crippen LogP contribution in [0.15, 0.2) is 61.1 Å². The Morgan fingerprint density at radius 2 is 1.92 bits per heavy atom. The molecule has 0 amide bonds. The van der Waals surface area contributed by atoms with Gasteiger partial charge in [-0.15, -0.1) is 0 Å². The Morgan fingerprint density at radius 1 is 1.12 bits per heavy atom. The average Bonchev–Trinajstić information content (AvgIpc) is 3.07. The molecule has 0 aliphatic carbocycles. The number of imidazole rings is 1. The Labute approximate surface area is 153 Å². The first kappa shape index (κ1) is 16.4. The van der Waals surface area contributed by atoms with Gasteiger partial charge in [-0.2, -0.15) is 0 Å². The number of hydrogen-bond acceptors (Lipinski definition) is 3. The maximum absolute atomic E-state index is 13.5. The summed E-state index contributed by atoms with van der Waals surface area (Å²) in [5.41, 5.74) is 4.30. The fourth-order valence-electron chi connectivity index (χ4n) is 2.91. The third-order valence-electron chi connectivity index (χ3n) is 4.18. The number of benzene rings is 1. The van der Waals surface area contributed by atoms with E-state index in [4.69, 9.17) is 11.6 Å². The number of nitrogens with zero attached hydrogens (tertiary/aromatic N) is 3. The van der Waals surface area contributed by atoms with Gasteiger partial charge in [0.15, 0.2) is 5.78 Å². The van der Waals surface area contributed by atoms with Crippen molar-refractivity contribution in [2.24, 2.45) is 0 Å². The second kappa shape index (κ2) is 6.35. The standard InChI is InChI=1S/C20H13ClFN3O/c1-12(26)18-10-24-19-7-5-14(11-25(18)19)15-3-2-8-23-20(15)13-4-6-17(22)16(21)9-13/h2-11H,1H3. The molecule has 4 aromatic rings. The smallest absolute Gasteiger partial charge is 0.178 e. The predicted molar refractivity (Wildman–Crippen MR) is 98.8 cm³/mol. The molecule has 3 aromatic heterocycles. The highest BCUT2D eigenvalue weighted by atomic mass is 35.5. The van der Waals surface area contributed by atoms with E-state index in [1.807, 2.05) is 30.5 Å². The molecular weight excluding hydrogens is 353 g/mol. The molecule has 0 aliphatic rings. The van der Waals surface area contributed by atoms with Crippen molar-refractivity contribution in [3.05, 3.63) is 77.6 Å². The zero-order chi connectivity index (χ0) is 18.3. The van der Waals surface area contributed by atoms with Crippen LogP contribution in [0.5, 0.6) is 0 Å². The van der Waals surface area contributed by atoms with Crippen LogP contribution < -0.4 is 0 Å². The molecule has 0 aliphatic heterocycles. The van der Waals surface area contributed by atoms with E-state index >= 15 is 0 Å². The third-order valence-corrected chi connectivity index (χ3v) is 4.47. The van der Waals surface area contributed by atoms with E-state index in [2.05, 4.69) is 9.97 Å². The van der Waals surface area contributed by atoms with Crippen LogP contribution in [-0.2, 0) is 0 Å². The summed E-state index contributed by atoms with van der Waals surface area (Å²) in [5.74, 6) is -0.537. The molecule has 0 radical (unpaired) electrons. The lowest BCUT2D eigenvalue weighted by atomic mass is 10.0. The zero-order valence-electron chi connectivity index (χ0n) is 13.8. The van der Waals surface area contributed by atoms with Crippen molar-refractivity contribution in [3.63, 3.8) is 0 Å². The van der Waals surface area contributed by atoms with E-state index in [1.54, 1.807) is 28.9 Å². The van der Waals surface area contributed by atoms with Crippen LogP contribution in [0.25, 0.3) is 28.0 Å². The Balaban J connectivity index is 1.91. The molecule has 4 rings (SSSR count). The average molecular weight is 366 g/mol. The highest BCUT2D eigenvalue weighted by Gasteiger charge is 2.13. The number of halogens is 2. The summed E-state index contributed by atoms with van der Waals surface area (Å²) in [7, 11) is 0. The SMILES string of the molecule is CC(=O)c1cnc2ccc(-c3cccnc3-c3ccc(F)c(Cl)c3)cn12. The van der Waals surface area contributed by atoms with Crippen molar-refractivity contribution in [1.82, 2.24) is 14.4 Å². The van der Waals surface area contributed by atoms with Crippen LogP contribution in [0.2, 0.25) is 5.02 Å². The van der Waals surface area contributed by atoms with Gasteiger partial charge in [-0.3, -0.25) is 14.2 Å². The van der Waals surface area contributed by atoms with Gasteiger partial charge in [0.2, 0.25) is 0 Å². The maximum Gasteiger partial charge on any atom is 0.178 e. The van der Waals surface area contributed by atoms with Gasteiger partial charge in [-0.1, -0.05) is 17.7 Å². The topological polar surface area (TPSA) is 47.3 Å². The molecule has 0 saturated carbocycles. The monoisotopic (exact) mass is 365 g/mol. The van der Waals surface area contributed by atoms with Gasteiger partial charge >= 0.3 is 0 Å². The Kier molecular flexibility index (Phi) is 4.01. The summed E-state index contributed by atoms with van der Waals surface area (Å²) in [6.07, 6.45) is 5.09. The van der Waals surface area contributed by atoms with Crippen molar-refractivity contribution in [2.45, 2.75) is 6.92 Å². The van der Waals surface area contributed by atoms with Crippen molar-refractivity contribution in [2.75, 3.05) is 0 Å². The lowest BCUT2D eigenvalue weighted by molar-refractivity contribution is 0.101. The molecule has 26 heavy (non-hydrogen) atoms. The number of pyridine rings is 2. The van der Waals surface area contributed by atoms with Crippen molar-refractivity contribution in [3.8, 4) is 22.4 Å². The molecule has 0 spiro atoms. The fourth-order valence-corrected chi connectivity index (χ4v) is 3.09. The molecule has 0 fully saturated rings. The molecule has 4 nitrogen and oxygen atoms in total. The zero-order valence-corrected chi connectivity index (χ0v) is 14.5. The summed E-state index contributed by atoms with van der Waals surface area (Å²) < 4.78 is 15.3. The van der Waals surface area contributed by atoms with Gasteiger partial charge in [-0.05, 0) is 36.4 Å². The molecular formula is C20H13ClFN3O. The minimum absolute atomic E-state index is 0.0445. The Morgan fingerprint density at radius 3 is 2.69 bits per heavy atom. The van der Waals surface area contributed by atoms with E-state index in [0.29, 0.717) is 22.6 Å². The molecule has 0 atom stereocenters. The Hall–Kier alpha value is -3.05. The number of aromatic nitrogens is 3. The summed E-state index contributed by atoms with van der Waals surface area (Å²) in [6, 6.07) is 12.0. The molecule has 0 unspecified atom stereocenters. The molecule has 0 bridgehead atoms. The molecule has 128 valence electrons. The minimum Gasteiger partial charge on any atom is -0.296 e. The summed E-state index contributed by atoms with van der Waals surface area (Å²) in [4.78, 5) is 20.5. The van der Waals surface area contributed by atoms with Crippen LogP contribution in [-0.4, -0.2) is 20.2 Å². The van der Waals surface area contributed by atoms with Crippen molar-refractivity contribution in [1.29, 1.82) is 0 Å². The van der Waals surface area contributed by atoms with Crippen LogP contribution in [0.4, 0.5) is 4.39 Å². The normalized spacial score (nSPS) is 11.0. The number of carbonyl (C=O) groups excluding carboxylic acids is 1. The number of carbonyl (C=O) groups is 1. The first-order valence-corrected chi connectivity index (χ1v) is 8.31. The summed E-state index contributed by atoms with van der Waals surface area (Å²) in [6.45, 7) is 1.51. The highest BCUT2D eigenvalue weighted by Crippen LogP contribution is 2.32. The first-order valence-electron chi connectivity index (χ1n) is 7.93. The van der Waals surface area contributed by atoms with Crippen LogP contribution in [0.1, 0.15) is 17.4 Å². The van der Waals surface area contributed by atoms with Gasteiger partial charge in [-0.25, -0.2) is 9.37 Å².